The van der Waals surface area contributed by atoms with Crippen LogP contribution in [0.2, 0.25) is 0 Å². The first-order valence-electron chi connectivity index (χ1n) is 7.15. The van der Waals surface area contributed by atoms with Crippen LogP contribution in [0.15, 0.2) is 0 Å². The van der Waals surface area contributed by atoms with Crippen LogP contribution in [-0.4, -0.2) is 43.5 Å². The van der Waals surface area contributed by atoms with Crippen molar-refractivity contribution in [3.63, 3.8) is 0 Å². The number of aliphatic carboxylic acids is 1. The number of nitrogens with zero attached hydrogens (tertiary/aromatic N) is 4. The van der Waals surface area contributed by atoms with E-state index in [1.54, 1.807) is 0 Å². The van der Waals surface area contributed by atoms with Gasteiger partial charge in [0.2, 0.25) is 0 Å². The van der Waals surface area contributed by atoms with E-state index in [-0.39, 0.29) is 24.0 Å². The van der Waals surface area contributed by atoms with Crippen LogP contribution in [0.25, 0.3) is 0 Å². The molecule has 20 heavy (non-hydrogen) atoms. The average molecular weight is 280 g/mol. The van der Waals surface area contributed by atoms with Crippen molar-refractivity contribution in [2.45, 2.75) is 63.7 Å². The molecule has 1 aromatic heterocycles. The van der Waals surface area contributed by atoms with Gasteiger partial charge < -0.3 is 9.84 Å². The second-order valence-corrected chi connectivity index (χ2v) is 6.07. The maximum atomic E-state index is 11.6. The maximum Gasteiger partial charge on any atom is 0.331 e. The molecule has 1 saturated carbocycles. The van der Waals surface area contributed by atoms with E-state index in [4.69, 9.17) is 4.74 Å². The van der Waals surface area contributed by atoms with Crippen LogP contribution in [0, 0.1) is 5.92 Å². The third-order valence-electron chi connectivity index (χ3n) is 5.02. The highest BCUT2D eigenvalue weighted by molar-refractivity contribution is 5.77. The number of hydrogen-bond acceptors (Lipinski definition) is 5. The highest BCUT2D eigenvalue weighted by Gasteiger charge is 2.51. The Bertz CT molecular complexity index is 525. The summed E-state index contributed by atoms with van der Waals surface area (Å²) in [6, 6.07) is 0. The van der Waals surface area contributed by atoms with Gasteiger partial charge in [-0.05, 0) is 49.5 Å². The van der Waals surface area contributed by atoms with E-state index in [0.717, 1.165) is 6.42 Å². The molecule has 110 valence electrons. The van der Waals surface area contributed by atoms with Crippen LogP contribution in [-0.2, 0) is 15.1 Å². The van der Waals surface area contributed by atoms with Crippen LogP contribution in [0.5, 0.6) is 0 Å². The van der Waals surface area contributed by atoms with Crippen LogP contribution in [0.1, 0.15) is 51.8 Å². The predicted molar refractivity (Wildman–Crippen MR) is 69.2 cm³/mol. The number of ether oxygens (including phenoxy) is 1. The Labute approximate surface area is 117 Å². The molecule has 2 aliphatic rings. The largest absolute Gasteiger partial charge is 0.479 e. The monoisotopic (exact) mass is 280 g/mol. The SMILES string of the molecule is CC1OC(C)C(c2nnnn2C2(C(=O)O)CCC2)C1C. The zero-order valence-corrected chi connectivity index (χ0v) is 12.0. The molecule has 0 spiro atoms. The summed E-state index contributed by atoms with van der Waals surface area (Å²) in [6.07, 6.45) is 2.20. The average Bonchev–Trinajstić information content (AvgIpc) is 2.84. The van der Waals surface area contributed by atoms with Crippen LogP contribution >= 0.6 is 0 Å². The number of carbonyl (C=O) groups is 1. The number of aromatic nitrogens is 4. The maximum absolute atomic E-state index is 11.6. The molecular weight excluding hydrogens is 260 g/mol. The molecule has 0 radical (unpaired) electrons. The predicted octanol–water partition coefficient (Wildman–Crippen LogP) is 1.16. The van der Waals surface area contributed by atoms with E-state index in [9.17, 15) is 9.90 Å². The molecule has 1 aromatic rings. The third kappa shape index (κ3) is 1.69. The molecule has 3 rings (SSSR count). The zero-order chi connectivity index (χ0) is 14.5. The van der Waals surface area contributed by atoms with Crippen molar-refractivity contribution in [1.29, 1.82) is 0 Å². The summed E-state index contributed by atoms with van der Waals surface area (Å²) in [6.45, 7) is 6.13. The van der Waals surface area contributed by atoms with Gasteiger partial charge in [-0.3, -0.25) is 0 Å². The van der Waals surface area contributed by atoms with Gasteiger partial charge in [-0.15, -0.1) is 5.10 Å². The molecule has 7 nitrogen and oxygen atoms in total. The molecule has 2 fully saturated rings. The zero-order valence-electron chi connectivity index (χ0n) is 12.0. The van der Waals surface area contributed by atoms with Gasteiger partial charge in [0, 0.05) is 0 Å². The minimum atomic E-state index is -0.954. The number of hydrogen-bond donors (Lipinski definition) is 1. The van der Waals surface area contributed by atoms with Crippen LogP contribution in [0.4, 0.5) is 0 Å². The molecule has 0 amide bonds. The van der Waals surface area contributed by atoms with Crippen molar-refractivity contribution in [2.24, 2.45) is 5.92 Å². The lowest BCUT2D eigenvalue weighted by molar-refractivity contribution is -0.153. The van der Waals surface area contributed by atoms with E-state index in [1.165, 1.54) is 4.68 Å². The van der Waals surface area contributed by atoms with Crippen molar-refractivity contribution >= 4 is 5.97 Å². The number of rotatable bonds is 3. The fraction of sp³-hybridized carbons (Fsp3) is 0.846. The van der Waals surface area contributed by atoms with E-state index in [1.807, 2.05) is 13.8 Å². The van der Waals surface area contributed by atoms with Gasteiger partial charge in [-0.2, -0.15) is 0 Å². The summed E-state index contributed by atoms with van der Waals surface area (Å²) in [7, 11) is 0. The van der Waals surface area contributed by atoms with E-state index in [0.29, 0.717) is 18.7 Å². The Hall–Kier alpha value is -1.50. The third-order valence-corrected chi connectivity index (χ3v) is 5.02. The summed E-state index contributed by atoms with van der Waals surface area (Å²) in [5, 5.41) is 21.4. The Morgan fingerprint density at radius 1 is 1.35 bits per heavy atom. The van der Waals surface area contributed by atoms with Gasteiger partial charge >= 0.3 is 5.97 Å². The number of carboxylic acids is 1. The van der Waals surface area contributed by atoms with Gasteiger partial charge in [0.1, 0.15) is 0 Å². The first-order chi connectivity index (χ1) is 9.47. The van der Waals surface area contributed by atoms with Gasteiger partial charge in [-0.25, -0.2) is 9.48 Å². The number of tetrazole rings is 1. The van der Waals surface area contributed by atoms with Crippen LogP contribution < -0.4 is 0 Å². The summed E-state index contributed by atoms with van der Waals surface area (Å²) in [5.41, 5.74) is -0.954. The topological polar surface area (TPSA) is 90.1 Å². The molecule has 0 bridgehead atoms. The molecule has 1 saturated heterocycles. The lowest BCUT2D eigenvalue weighted by Gasteiger charge is -2.38. The fourth-order valence-corrected chi connectivity index (χ4v) is 3.45. The minimum Gasteiger partial charge on any atom is -0.479 e. The van der Waals surface area contributed by atoms with E-state index < -0.39 is 11.5 Å². The second kappa shape index (κ2) is 4.51. The molecule has 2 heterocycles. The summed E-state index contributed by atoms with van der Waals surface area (Å²) in [4.78, 5) is 11.6. The molecule has 1 N–H and O–H groups in total. The normalized spacial score (nSPS) is 35.8. The summed E-state index contributed by atoms with van der Waals surface area (Å²) >= 11 is 0. The van der Waals surface area contributed by atoms with Gasteiger partial charge in [0.15, 0.2) is 11.4 Å². The Kier molecular flexibility index (Phi) is 3.04. The van der Waals surface area contributed by atoms with Crippen molar-refractivity contribution < 1.29 is 14.6 Å². The molecular formula is C13H20N4O3. The molecule has 1 aliphatic carbocycles. The minimum absolute atomic E-state index is 0.00401. The molecule has 4 atom stereocenters. The molecule has 1 aliphatic heterocycles. The summed E-state index contributed by atoms with van der Waals surface area (Å²) < 4.78 is 7.37. The van der Waals surface area contributed by atoms with Crippen molar-refractivity contribution in [3.05, 3.63) is 5.82 Å². The lowest BCUT2D eigenvalue weighted by Crippen LogP contribution is -2.50. The Morgan fingerprint density at radius 2 is 2.05 bits per heavy atom. The Balaban J connectivity index is 2.01. The van der Waals surface area contributed by atoms with Crippen molar-refractivity contribution in [1.82, 2.24) is 20.2 Å². The van der Waals surface area contributed by atoms with E-state index in [2.05, 4.69) is 22.4 Å². The quantitative estimate of drug-likeness (QED) is 0.893. The van der Waals surface area contributed by atoms with Crippen LogP contribution in [0.3, 0.4) is 0 Å². The standard InChI is InChI=1S/C13H20N4O3/c1-7-8(2)20-9(3)10(7)11-14-15-16-17(11)13(12(18)19)5-4-6-13/h7-10H,4-6H2,1-3H3,(H,18,19). The fourth-order valence-electron chi connectivity index (χ4n) is 3.45. The highest BCUT2D eigenvalue weighted by Crippen LogP contribution is 2.44. The molecule has 4 unspecified atom stereocenters. The lowest BCUT2D eigenvalue weighted by atomic mass is 9.76. The van der Waals surface area contributed by atoms with Gasteiger partial charge in [0.05, 0.1) is 18.1 Å². The Morgan fingerprint density at radius 3 is 2.50 bits per heavy atom. The second-order valence-electron chi connectivity index (χ2n) is 6.07. The highest BCUT2D eigenvalue weighted by atomic mass is 16.5. The van der Waals surface area contributed by atoms with E-state index >= 15 is 0 Å². The van der Waals surface area contributed by atoms with Gasteiger partial charge in [0.25, 0.3) is 0 Å². The number of carboxylic acid groups (broad SMARTS) is 1. The van der Waals surface area contributed by atoms with Gasteiger partial charge in [-0.1, -0.05) is 6.92 Å². The van der Waals surface area contributed by atoms with Crippen molar-refractivity contribution in [3.8, 4) is 0 Å². The molecule has 0 aromatic carbocycles. The first-order valence-corrected chi connectivity index (χ1v) is 7.15. The first kappa shape index (κ1) is 13.5. The van der Waals surface area contributed by atoms with Crippen molar-refractivity contribution in [2.75, 3.05) is 0 Å². The summed E-state index contributed by atoms with van der Waals surface area (Å²) in [5.74, 6) is 0.110. The smallest absolute Gasteiger partial charge is 0.331 e. The molecule has 7 heteroatoms.